The molecule has 4 heteroatoms. The molecule has 0 aliphatic heterocycles. The second kappa shape index (κ2) is 4.29. The number of H-pyrrole nitrogens is 2. The topological polar surface area (TPSA) is 65.7 Å². The van der Waals surface area contributed by atoms with Crippen molar-refractivity contribution in [2.45, 2.75) is 25.2 Å². The van der Waals surface area contributed by atoms with E-state index in [9.17, 15) is 9.59 Å². The number of hydrogen-bond acceptors (Lipinski definition) is 2. The fourth-order valence-electron chi connectivity index (χ4n) is 2.29. The second-order valence-electron chi connectivity index (χ2n) is 4.74. The van der Waals surface area contributed by atoms with E-state index in [4.69, 9.17) is 0 Å². The SMILES string of the molecule is O=c1[nH]c(Cc2ccccc2)c(C2CC2)c(=O)[nH]1. The average Bonchev–Trinajstić information content (AvgIpc) is 3.14. The minimum absolute atomic E-state index is 0.229. The van der Waals surface area contributed by atoms with E-state index in [1.165, 1.54) is 0 Å². The fourth-order valence-corrected chi connectivity index (χ4v) is 2.29. The first-order chi connectivity index (χ1) is 8.74. The zero-order valence-corrected chi connectivity index (χ0v) is 9.90. The molecule has 1 aliphatic rings. The summed E-state index contributed by atoms with van der Waals surface area (Å²) >= 11 is 0. The third-order valence-corrected chi connectivity index (χ3v) is 3.27. The Hall–Kier alpha value is -2.10. The van der Waals surface area contributed by atoms with Gasteiger partial charge in [-0.3, -0.25) is 9.78 Å². The van der Waals surface area contributed by atoms with Crippen LogP contribution in [0.4, 0.5) is 0 Å². The molecule has 92 valence electrons. The van der Waals surface area contributed by atoms with Gasteiger partial charge in [-0.05, 0) is 24.3 Å². The van der Waals surface area contributed by atoms with Gasteiger partial charge in [-0.25, -0.2) is 4.79 Å². The van der Waals surface area contributed by atoms with Gasteiger partial charge in [0.2, 0.25) is 0 Å². The monoisotopic (exact) mass is 242 g/mol. The summed E-state index contributed by atoms with van der Waals surface area (Å²) in [5, 5.41) is 0. The van der Waals surface area contributed by atoms with Crippen molar-refractivity contribution < 1.29 is 0 Å². The number of aromatic amines is 2. The molecule has 3 rings (SSSR count). The van der Waals surface area contributed by atoms with Gasteiger partial charge >= 0.3 is 5.69 Å². The van der Waals surface area contributed by atoms with E-state index in [2.05, 4.69) is 9.97 Å². The van der Waals surface area contributed by atoms with Crippen LogP contribution < -0.4 is 11.2 Å². The van der Waals surface area contributed by atoms with Gasteiger partial charge < -0.3 is 4.98 Å². The Balaban J connectivity index is 2.05. The van der Waals surface area contributed by atoms with Crippen LogP contribution >= 0.6 is 0 Å². The van der Waals surface area contributed by atoms with Gasteiger partial charge in [-0.15, -0.1) is 0 Å². The van der Waals surface area contributed by atoms with Gasteiger partial charge in [0.05, 0.1) is 0 Å². The Labute approximate surface area is 104 Å². The summed E-state index contributed by atoms with van der Waals surface area (Å²) < 4.78 is 0. The minimum Gasteiger partial charge on any atom is -0.311 e. The van der Waals surface area contributed by atoms with Crippen LogP contribution in [0.2, 0.25) is 0 Å². The lowest BCUT2D eigenvalue weighted by Crippen LogP contribution is -2.27. The zero-order chi connectivity index (χ0) is 12.5. The highest BCUT2D eigenvalue weighted by molar-refractivity contribution is 5.30. The highest BCUT2D eigenvalue weighted by Gasteiger charge is 2.29. The van der Waals surface area contributed by atoms with E-state index in [1.54, 1.807) is 0 Å². The Bertz CT molecular complexity index is 666. The molecule has 1 aromatic heterocycles. The molecular formula is C14H14N2O2. The summed E-state index contributed by atoms with van der Waals surface area (Å²) in [6.07, 6.45) is 2.68. The second-order valence-corrected chi connectivity index (χ2v) is 4.74. The maximum atomic E-state index is 11.9. The van der Waals surface area contributed by atoms with Gasteiger partial charge in [0.1, 0.15) is 0 Å². The van der Waals surface area contributed by atoms with Crippen LogP contribution in [0.1, 0.15) is 35.6 Å². The lowest BCUT2D eigenvalue weighted by atomic mass is 10.0. The quantitative estimate of drug-likeness (QED) is 0.857. The summed E-state index contributed by atoms with van der Waals surface area (Å²) in [5.74, 6) is 0.323. The molecule has 2 aromatic rings. The lowest BCUT2D eigenvalue weighted by molar-refractivity contribution is 0.883. The third kappa shape index (κ3) is 2.14. The summed E-state index contributed by atoms with van der Waals surface area (Å²) in [5.41, 5.74) is 1.97. The van der Waals surface area contributed by atoms with E-state index in [1.807, 2.05) is 30.3 Å². The summed E-state index contributed by atoms with van der Waals surface area (Å²) in [6.45, 7) is 0. The smallest absolute Gasteiger partial charge is 0.311 e. The zero-order valence-electron chi connectivity index (χ0n) is 9.90. The van der Waals surface area contributed by atoms with Crippen molar-refractivity contribution in [3.8, 4) is 0 Å². The van der Waals surface area contributed by atoms with Crippen molar-refractivity contribution >= 4 is 0 Å². The molecule has 0 bridgehead atoms. The third-order valence-electron chi connectivity index (χ3n) is 3.27. The molecule has 1 aromatic carbocycles. The number of rotatable bonds is 3. The molecule has 0 amide bonds. The van der Waals surface area contributed by atoms with Crippen molar-refractivity contribution in [1.82, 2.24) is 9.97 Å². The van der Waals surface area contributed by atoms with Crippen molar-refractivity contribution in [3.05, 3.63) is 68.0 Å². The minimum atomic E-state index is -0.421. The van der Waals surface area contributed by atoms with Crippen LogP contribution in [0.5, 0.6) is 0 Å². The van der Waals surface area contributed by atoms with E-state index in [0.717, 1.165) is 29.7 Å². The molecule has 1 heterocycles. The summed E-state index contributed by atoms with van der Waals surface area (Å²) in [4.78, 5) is 28.3. The van der Waals surface area contributed by atoms with Gasteiger partial charge in [-0.2, -0.15) is 0 Å². The molecule has 0 saturated heterocycles. The molecular weight excluding hydrogens is 228 g/mol. The molecule has 1 fully saturated rings. The predicted molar refractivity (Wildman–Crippen MR) is 68.9 cm³/mol. The first-order valence-electron chi connectivity index (χ1n) is 6.13. The highest BCUT2D eigenvalue weighted by Crippen LogP contribution is 2.39. The molecule has 0 atom stereocenters. The normalized spacial score (nSPS) is 14.7. The van der Waals surface area contributed by atoms with E-state index in [-0.39, 0.29) is 5.56 Å². The fraction of sp³-hybridized carbons (Fsp3) is 0.286. The Morgan fingerprint density at radius 1 is 1.06 bits per heavy atom. The van der Waals surface area contributed by atoms with Crippen LogP contribution in [0.3, 0.4) is 0 Å². The summed E-state index contributed by atoms with van der Waals surface area (Å²) in [6, 6.07) is 9.85. The number of benzene rings is 1. The highest BCUT2D eigenvalue weighted by atomic mass is 16.2. The average molecular weight is 242 g/mol. The first kappa shape index (κ1) is 11.0. The Morgan fingerprint density at radius 3 is 2.44 bits per heavy atom. The van der Waals surface area contributed by atoms with Crippen molar-refractivity contribution in [2.75, 3.05) is 0 Å². The Morgan fingerprint density at radius 2 is 1.78 bits per heavy atom. The van der Waals surface area contributed by atoms with Crippen LogP contribution in [-0.4, -0.2) is 9.97 Å². The van der Waals surface area contributed by atoms with E-state index < -0.39 is 5.69 Å². The maximum Gasteiger partial charge on any atom is 0.325 e. The number of aromatic nitrogens is 2. The maximum absolute atomic E-state index is 11.9. The molecule has 0 radical (unpaired) electrons. The predicted octanol–water partition coefficient (Wildman–Crippen LogP) is 1.53. The molecule has 18 heavy (non-hydrogen) atoms. The molecule has 4 nitrogen and oxygen atoms in total. The largest absolute Gasteiger partial charge is 0.325 e. The van der Waals surface area contributed by atoms with Crippen molar-refractivity contribution in [2.24, 2.45) is 0 Å². The number of hydrogen-bond donors (Lipinski definition) is 2. The molecule has 1 saturated carbocycles. The molecule has 2 N–H and O–H groups in total. The van der Waals surface area contributed by atoms with Gasteiger partial charge in [0.15, 0.2) is 0 Å². The van der Waals surface area contributed by atoms with Gasteiger partial charge in [0.25, 0.3) is 5.56 Å². The van der Waals surface area contributed by atoms with Crippen molar-refractivity contribution in [3.63, 3.8) is 0 Å². The van der Waals surface area contributed by atoms with E-state index in [0.29, 0.717) is 12.3 Å². The first-order valence-corrected chi connectivity index (χ1v) is 6.13. The molecule has 0 spiro atoms. The van der Waals surface area contributed by atoms with Crippen LogP contribution in [0, 0.1) is 0 Å². The van der Waals surface area contributed by atoms with Crippen molar-refractivity contribution in [1.29, 1.82) is 0 Å². The number of nitrogens with one attached hydrogen (secondary N) is 2. The van der Waals surface area contributed by atoms with Crippen LogP contribution in [0.15, 0.2) is 39.9 Å². The lowest BCUT2D eigenvalue weighted by Gasteiger charge is -2.07. The van der Waals surface area contributed by atoms with Crippen LogP contribution in [-0.2, 0) is 6.42 Å². The Kier molecular flexibility index (Phi) is 2.63. The van der Waals surface area contributed by atoms with Gasteiger partial charge in [0, 0.05) is 17.7 Å². The standard InChI is InChI=1S/C14H14N2O2/c17-13-12(10-6-7-10)11(15-14(18)16-13)8-9-4-2-1-3-5-9/h1-5,10H,6-8H2,(H2,15,16,17,18). The molecule has 0 unspecified atom stereocenters. The van der Waals surface area contributed by atoms with Gasteiger partial charge in [-0.1, -0.05) is 30.3 Å². The van der Waals surface area contributed by atoms with Crippen LogP contribution in [0.25, 0.3) is 0 Å². The summed E-state index contributed by atoms with van der Waals surface area (Å²) in [7, 11) is 0. The van der Waals surface area contributed by atoms with E-state index >= 15 is 0 Å². The molecule has 1 aliphatic carbocycles.